The van der Waals surface area contributed by atoms with Gasteiger partial charge >= 0.3 is 0 Å². The summed E-state index contributed by atoms with van der Waals surface area (Å²) in [7, 11) is 0. The highest BCUT2D eigenvalue weighted by atomic mass is 35.5. The molecule has 5 heteroatoms. The third-order valence-corrected chi connectivity index (χ3v) is 4.67. The first kappa shape index (κ1) is 18.7. The molecule has 0 aromatic carbocycles. The summed E-state index contributed by atoms with van der Waals surface area (Å²) in [4.78, 5) is 7.04. The molecule has 1 aromatic rings. The molecule has 120 valence electrons. The molecule has 1 aliphatic carbocycles. The van der Waals surface area contributed by atoms with Crippen molar-refractivity contribution < 1.29 is 0 Å². The van der Waals surface area contributed by atoms with Gasteiger partial charge in [0.05, 0.1) is 0 Å². The molecule has 0 bridgehead atoms. The summed E-state index contributed by atoms with van der Waals surface area (Å²) in [6.45, 7) is 4.61. The number of aromatic nitrogens is 1. The van der Waals surface area contributed by atoms with Crippen molar-refractivity contribution in [3.05, 3.63) is 30.1 Å². The van der Waals surface area contributed by atoms with E-state index in [4.69, 9.17) is 0 Å². The Balaban J connectivity index is 0.00000110. The fourth-order valence-electron chi connectivity index (χ4n) is 3.74. The molecule has 1 aromatic heterocycles. The summed E-state index contributed by atoms with van der Waals surface area (Å²) < 4.78 is 0. The van der Waals surface area contributed by atoms with Gasteiger partial charge < -0.3 is 5.32 Å². The smallest absolute Gasteiger partial charge is 0.0392 e. The van der Waals surface area contributed by atoms with Crippen molar-refractivity contribution in [1.82, 2.24) is 15.2 Å². The highest BCUT2D eigenvalue weighted by Gasteiger charge is 2.30. The minimum absolute atomic E-state index is 0. The number of hydrogen-bond acceptors (Lipinski definition) is 3. The Morgan fingerprint density at radius 3 is 2.43 bits per heavy atom. The third kappa shape index (κ3) is 4.82. The second-order valence-corrected chi connectivity index (χ2v) is 5.92. The lowest BCUT2D eigenvalue weighted by Gasteiger charge is -2.41. The fraction of sp³-hybridized carbons (Fsp3) is 0.688. The minimum atomic E-state index is 0. The fourth-order valence-corrected chi connectivity index (χ4v) is 3.74. The summed E-state index contributed by atoms with van der Waals surface area (Å²) in [5.74, 6) is 0.830. The van der Waals surface area contributed by atoms with Crippen LogP contribution in [-0.2, 0) is 0 Å². The van der Waals surface area contributed by atoms with Gasteiger partial charge in [0.2, 0.25) is 0 Å². The van der Waals surface area contributed by atoms with E-state index in [2.05, 4.69) is 33.5 Å². The Morgan fingerprint density at radius 1 is 1.10 bits per heavy atom. The maximum Gasteiger partial charge on any atom is 0.0392 e. The van der Waals surface area contributed by atoms with Crippen molar-refractivity contribution in [1.29, 1.82) is 0 Å². The van der Waals surface area contributed by atoms with Crippen molar-refractivity contribution in [3.63, 3.8) is 0 Å². The van der Waals surface area contributed by atoms with Gasteiger partial charge in [0, 0.05) is 44.6 Å². The molecule has 1 N–H and O–H groups in total. The standard InChI is InChI=1S/C16H25N3.2ClH/c1-2-5-14(6-3-1)16(15-7-4-8-18-13-15)19-11-9-17-10-12-19;;/h4,7-8,13-14,16-17H,1-3,5-6,9-12H2;2*1H/t16-;;/m1../s1. The number of rotatable bonds is 3. The number of halogens is 2. The maximum atomic E-state index is 4.35. The van der Waals surface area contributed by atoms with Crippen LogP contribution in [0.5, 0.6) is 0 Å². The molecule has 1 saturated carbocycles. The Labute approximate surface area is 140 Å². The number of hydrogen-bond donors (Lipinski definition) is 1. The van der Waals surface area contributed by atoms with Crippen LogP contribution in [0.2, 0.25) is 0 Å². The Bertz CT molecular complexity index is 358. The minimum Gasteiger partial charge on any atom is -0.314 e. The average molecular weight is 332 g/mol. The molecule has 1 saturated heterocycles. The molecule has 3 rings (SSSR count). The zero-order valence-corrected chi connectivity index (χ0v) is 14.2. The van der Waals surface area contributed by atoms with Crippen molar-refractivity contribution in [3.8, 4) is 0 Å². The third-order valence-electron chi connectivity index (χ3n) is 4.67. The lowest BCUT2D eigenvalue weighted by Crippen LogP contribution is -2.47. The molecule has 2 aliphatic rings. The van der Waals surface area contributed by atoms with E-state index in [0.29, 0.717) is 6.04 Å². The molecule has 1 aliphatic heterocycles. The summed E-state index contributed by atoms with van der Waals surface area (Å²) >= 11 is 0. The Kier molecular flexibility index (Phi) is 8.57. The predicted octanol–water partition coefficient (Wildman–Crippen LogP) is 3.45. The normalized spacial score (nSPS) is 21.9. The highest BCUT2D eigenvalue weighted by molar-refractivity contribution is 5.85. The van der Waals surface area contributed by atoms with Crippen molar-refractivity contribution >= 4 is 24.8 Å². The zero-order chi connectivity index (χ0) is 12.9. The SMILES string of the molecule is Cl.Cl.c1cncc([C@@H](C2CCCCC2)N2CCNCC2)c1. The maximum absolute atomic E-state index is 4.35. The zero-order valence-electron chi connectivity index (χ0n) is 12.5. The van der Waals surface area contributed by atoms with Gasteiger partial charge in [-0.2, -0.15) is 0 Å². The molecule has 1 atom stereocenters. The van der Waals surface area contributed by atoms with E-state index in [1.807, 2.05) is 6.20 Å². The van der Waals surface area contributed by atoms with Gasteiger partial charge in [-0.05, 0) is 30.4 Å². The van der Waals surface area contributed by atoms with Gasteiger partial charge in [-0.1, -0.05) is 25.3 Å². The Hall–Kier alpha value is -0.350. The molecule has 0 amide bonds. The van der Waals surface area contributed by atoms with E-state index in [1.54, 1.807) is 0 Å². The topological polar surface area (TPSA) is 28.2 Å². The van der Waals surface area contributed by atoms with Gasteiger partial charge in [0.1, 0.15) is 0 Å². The summed E-state index contributed by atoms with van der Waals surface area (Å²) in [6, 6.07) is 4.96. The van der Waals surface area contributed by atoms with Gasteiger partial charge in [-0.3, -0.25) is 9.88 Å². The van der Waals surface area contributed by atoms with Crippen LogP contribution in [0.25, 0.3) is 0 Å². The largest absolute Gasteiger partial charge is 0.314 e. The molecular weight excluding hydrogens is 305 g/mol. The van der Waals surface area contributed by atoms with Crippen LogP contribution in [0.3, 0.4) is 0 Å². The second kappa shape index (κ2) is 9.62. The highest BCUT2D eigenvalue weighted by Crippen LogP contribution is 2.38. The molecule has 0 radical (unpaired) electrons. The van der Waals surface area contributed by atoms with Crippen LogP contribution in [0.4, 0.5) is 0 Å². The number of nitrogens with zero attached hydrogens (tertiary/aromatic N) is 2. The monoisotopic (exact) mass is 331 g/mol. The van der Waals surface area contributed by atoms with E-state index in [0.717, 1.165) is 19.0 Å². The van der Waals surface area contributed by atoms with E-state index in [9.17, 15) is 0 Å². The summed E-state index contributed by atoms with van der Waals surface area (Å²) in [6.07, 6.45) is 11.0. The number of piperazine rings is 1. The van der Waals surface area contributed by atoms with Gasteiger partial charge in [0.15, 0.2) is 0 Å². The van der Waals surface area contributed by atoms with Crippen molar-refractivity contribution in [2.75, 3.05) is 26.2 Å². The van der Waals surface area contributed by atoms with Crippen molar-refractivity contribution in [2.45, 2.75) is 38.1 Å². The van der Waals surface area contributed by atoms with E-state index < -0.39 is 0 Å². The molecule has 0 unspecified atom stereocenters. The molecule has 0 spiro atoms. The van der Waals surface area contributed by atoms with Gasteiger partial charge in [-0.25, -0.2) is 0 Å². The van der Waals surface area contributed by atoms with Crippen molar-refractivity contribution in [2.24, 2.45) is 5.92 Å². The number of pyridine rings is 1. The summed E-state index contributed by atoms with van der Waals surface area (Å²) in [5, 5.41) is 3.47. The number of nitrogens with one attached hydrogen (secondary N) is 1. The predicted molar refractivity (Wildman–Crippen MR) is 92.5 cm³/mol. The van der Waals surface area contributed by atoms with E-state index in [1.165, 1.54) is 50.8 Å². The quantitative estimate of drug-likeness (QED) is 0.919. The first-order valence-corrected chi connectivity index (χ1v) is 7.80. The Morgan fingerprint density at radius 2 is 1.81 bits per heavy atom. The van der Waals surface area contributed by atoms with Gasteiger partial charge in [0.25, 0.3) is 0 Å². The average Bonchev–Trinajstić information content (AvgIpc) is 2.51. The first-order chi connectivity index (χ1) is 9.45. The van der Waals surface area contributed by atoms with Gasteiger partial charge in [-0.15, -0.1) is 24.8 Å². The van der Waals surface area contributed by atoms with Crippen LogP contribution in [-0.4, -0.2) is 36.1 Å². The van der Waals surface area contributed by atoms with Crippen LogP contribution in [0.1, 0.15) is 43.7 Å². The lowest BCUT2D eigenvalue weighted by molar-refractivity contribution is 0.103. The van der Waals surface area contributed by atoms with E-state index in [-0.39, 0.29) is 24.8 Å². The first-order valence-electron chi connectivity index (χ1n) is 7.80. The molecule has 3 nitrogen and oxygen atoms in total. The lowest BCUT2D eigenvalue weighted by atomic mass is 9.80. The van der Waals surface area contributed by atoms with Crippen LogP contribution in [0, 0.1) is 5.92 Å². The molecular formula is C16H27Cl2N3. The van der Waals surface area contributed by atoms with Crippen LogP contribution < -0.4 is 5.32 Å². The van der Waals surface area contributed by atoms with Crippen LogP contribution in [0.15, 0.2) is 24.5 Å². The van der Waals surface area contributed by atoms with E-state index >= 15 is 0 Å². The van der Waals surface area contributed by atoms with Crippen LogP contribution >= 0.6 is 24.8 Å². The molecule has 2 fully saturated rings. The molecule has 2 heterocycles. The summed E-state index contributed by atoms with van der Waals surface area (Å²) in [5.41, 5.74) is 1.43. The molecule has 21 heavy (non-hydrogen) atoms. The second-order valence-electron chi connectivity index (χ2n) is 5.92.